The van der Waals surface area contributed by atoms with Crippen LogP contribution in [0, 0.1) is 12.3 Å². The van der Waals surface area contributed by atoms with E-state index in [0.29, 0.717) is 18.9 Å². The summed E-state index contributed by atoms with van der Waals surface area (Å²) < 4.78 is 6.77. The predicted octanol–water partition coefficient (Wildman–Crippen LogP) is 1.83. The molecule has 0 aliphatic rings. The van der Waals surface area contributed by atoms with Gasteiger partial charge in [-0.25, -0.2) is 4.79 Å². The minimum atomic E-state index is -0.981. The maximum absolute atomic E-state index is 10.8. The number of aromatic nitrogens is 2. The van der Waals surface area contributed by atoms with Crippen molar-refractivity contribution in [3.8, 4) is 12.3 Å². The summed E-state index contributed by atoms with van der Waals surface area (Å²) in [6.07, 6.45) is 8.98. The van der Waals surface area contributed by atoms with E-state index >= 15 is 0 Å². The number of aryl methyl sites for hydroxylation is 1. The summed E-state index contributed by atoms with van der Waals surface area (Å²) in [5.41, 5.74) is 0.807. The zero-order chi connectivity index (χ0) is 13.4. The molecule has 0 unspecified atom stereocenters. The molecule has 1 N–H and O–H groups in total. The smallest absolute Gasteiger partial charge is 0.354 e. The van der Waals surface area contributed by atoms with Gasteiger partial charge in [-0.3, -0.25) is 4.68 Å². The molecule has 1 aromatic rings. The highest BCUT2D eigenvalue weighted by atomic mass is 16.5. The standard InChI is InChI=1S/C13H18N2O3/c1-3-4-5-6-7-8-18-10-11-9-12(13(16)17)15(2)14-11/h1,9H,4-8,10H2,2H3,(H,16,17). The molecule has 0 radical (unpaired) electrons. The van der Waals surface area contributed by atoms with Gasteiger partial charge in [0, 0.05) is 20.1 Å². The molecule has 0 aromatic carbocycles. The van der Waals surface area contributed by atoms with E-state index in [0.717, 1.165) is 25.7 Å². The Labute approximate surface area is 107 Å². The van der Waals surface area contributed by atoms with Crippen LogP contribution in [0.4, 0.5) is 0 Å². The third kappa shape index (κ3) is 4.60. The van der Waals surface area contributed by atoms with Crippen molar-refractivity contribution in [2.24, 2.45) is 7.05 Å². The molecule has 0 amide bonds. The fraction of sp³-hybridized carbons (Fsp3) is 0.538. The van der Waals surface area contributed by atoms with Gasteiger partial charge in [0.25, 0.3) is 0 Å². The number of hydrogen-bond donors (Lipinski definition) is 1. The first-order valence-corrected chi connectivity index (χ1v) is 5.92. The first-order chi connectivity index (χ1) is 8.65. The molecule has 5 nitrogen and oxygen atoms in total. The Morgan fingerprint density at radius 1 is 1.56 bits per heavy atom. The van der Waals surface area contributed by atoms with Gasteiger partial charge in [0.1, 0.15) is 5.69 Å². The van der Waals surface area contributed by atoms with Crippen LogP contribution in [0.15, 0.2) is 6.07 Å². The summed E-state index contributed by atoms with van der Waals surface area (Å²) in [4.78, 5) is 10.8. The van der Waals surface area contributed by atoms with E-state index in [1.807, 2.05) is 0 Å². The maximum Gasteiger partial charge on any atom is 0.354 e. The molecule has 1 aromatic heterocycles. The van der Waals surface area contributed by atoms with E-state index in [-0.39, 0.29) is 5.69 Å². The van der Waals surface area contributed by atoms with Crippen LogP contribution >= 0.6 is 0 Å². The summed E-state index contributed by atoms with van der Waals surface area (Å²) in [5.74, 6) is 1.61. The quantitative estimate of drug-likeness (QED) is 0.564. The Morgan fingerprint density at radius 2 is 2.33 bits per heavy atom. The van der Waals surface area contributed by atoms with Crippen LogP contribution in [-0.2, 0) is 18.4 Å². The van der Waals surface area contributed by atoms with Gasteiger partial charge in [-0.1, -0.05) is 6.42 Å². The number of hydrogen-bond acceptors (Lipinski definition) is 3. The van der Waals surface area contributed by atoms with Crippen molar-refractivity contribution in [3.63, 3.8) is 0 Å². The van der Waals surface area contributed by atoms with Crippen molar-refractivity contribution in [1.82, 2.24) is 9.78 Å². The molecule has 18 heavy (non-hydrogen) atoms. The molecule has 0 bridgehead atoms. The third-order valence-electron chi connectivity index (χ3n) is 2.51. The van der Waals surface area contributed by atoms with Gasteiger partial charge in [-0.05, 0) is 18.9 Å². The summed E-state index contributed by atoms with van der Waals surface area (Å²) in [6.45, 7) is 0.986. The van der Waals surface area contributed by atoms with E-state index < -0.39 is 5.97 Å². The molecule has 98 valence electrons. The minimum absolute atomic E-state index is 0.169. The first-order valence-electron chi connectivity index (χ1n) is 5.92. The van der Waals surface area contributed by atoms with Crippen molar-refractivity contribution in [2.45, 2.75) is 32.3 Å². The molecular formula is C13H18N2O3. The fourth-order valence-corrected chi connectivity index (χ4v) is 1.58. The average molecular weight is 250 g/mol. The molecule has 0 atom stereocenters. The number of carboxylic acids is 1. The van der Waals surface area contributed by atoms with Gasteiger partial charge < -0.3 is 9.84 Å². The number of rotatable bonds is 8. The summed E-state index contributed by atoms with van der Waals surface area (Å²) >= 11 is 0. The van der Waals surface area contributed by atoms with Crippen molar-refractivity contribution in [3.05, 3.63) is 17.5 Å². The highest BCUT2D eigenvalue weighted by Gasteiger charge is 2.11. The van der Waals surface area contributed by atoms with Crippen LogP contribution in [0.5, 0.6) is 0 Å². The molecule has 1 rings (SSSR count). The van der Waals surface area contributed by atoms with Crippen molar-refractivity contribution < 1.29 is 14.6 Å². The second kappa shape index (κ2) is 7.51. The average Bonchev–Trinajstić information content (AvgIpc) is 2.69. The Morgan fingerprint density at radius 3 is 2.94 bits per heavy atom. The normalized spacial score (nSPS) is 10.2. The van der Waals surface area contributed by atoms with Gasteiger partial charge >= 0.3 is 5.97 Å². The van der Waals surface area contributed by atoms with Crippen molar-refractivity contribution >= 4 is 5.97 Å². The topological polar surface area (TPSA) is 64.3 Å². The SMILES string of the molecule is C#CCCCCCOCc1cc(C(=O)O)n(C)n1. The predicted molar refractivity (Wildman–Crippen MR) is 67.1 cm³/mol. The molecular weight excluding hydrogens is 232 g/mol. The lowest BCUT2D eigenvalue weighted by molar-refractivity contribution is 0.0685. The van der Waals surface area contributed by atoms with E-state index in [4.69, 9.17) is 16.3 Å². The largest absolute Gasteiger partial charge is 0.477 e. The van der Waals surface area contributed by atoms with Gasteiger partial charge in [0.05, 0.1) is 12.3 Å². The zero-order valence-electron chi connectivity index (χ0n) is 10.6. The lowest BCUT2D eigenvalue weighted by Crippen LogP contribution is -2.04. The second-order valence-electron chi connectivity index (χ2n) is 4.02. The fourth-order valence-electron chi connectivity index (χ4n) is 1.58. The highest BCUT2D eigenvalue weighted by molar-refractivity contribution is 5.85. The second-order valence-corrected chi connectivity index (χ2v) is 4.02. The van der Waals surface area contributed by atoms with E-state index in [1.165, 1.54) is 10.7 Å². The van der Waals surface area contributed by atoms with Crippen LogP contribution in [-0.4, -0.2) is 27.5 Å². The lowest BCUT2D eigenvalue weighted by Gasteiger charge is -2.01. The number of nitrogens with zero attached hydrogens (tertiary/aromatic N) is 2. The monoisotopic (exact) mass is 250 g/mol. The molecule has 0 aliphatic carbocycles. The first kappa shape index (κ1) is 14.3. The molecule has 0 saturated heterocycles. The summed E-state index contributed by atoms with van der Waals surface area (Å²) in [7, 11) is 1.60. The number of ether oxygens (including phenoxy) is 1. The van der Waals surface area contributed by atoms with E-state index in [2.05, 4.69) is 11.0 Å². The number of terminal acetylenes is 1. The van der Waals surface area contributed by atoms with E-state index in [9.17, 15) is 4.79 Å². The molecule has 0 saturated carbocycles. The van der Waals surface area contributed by atoms with Gasteiger partial charge in [0.15, 0.2) is 0 Å². The lowest BCUT2D eigenvalue weighted by atomic mass is 10.2. The number of aromatic carboxylic acids is 1. The zero-order valence-corrected chi connectivity index (χ0v) is 10.6. The van der Waals surface area contributed by atoms with Crippen LogP contribution in [0.2, 0.25) is 0 Å². The van der Waals surface area contributed by atoms with Gasteiger partial charge in [-0.15, -0.1) is 12.3 Å². The number of unbranched alkanes of at least 4 members (excludes halogenated alkanes) is 3. The Bertz CT molecular complexity index is 432. The third-order valence-corrected chi connectivity index (χ3v) is 2.51. The Hall–Kier alpha value is -1.80. The highest BCUT2D eigenvalue weighted by Crippen LogP contribution is 2.06. The number of carbonyl (C=O) groups is 1. The molecule has 0 spiro atoms. The van der Waals surface area contributed by atoms with Crippen LogP contribution in [0.3, 0.4) is 0 Å². The summed E-state index contributed by atoms with van der Waals surface area (Å²) in [6, 6.07) is 1.53. The van der Waals surface area contributed by atoms with Crippen LogP contribution in [0.25, 0.3) is 0 Å². The molecule has 5 heteroatoms. The number of carboxylic acid groups (broad SMARTS) is 1. The minimum Gasteiger partial charge on any atom is -0.477 e. The summed E-state index contributed by atoms with van der Waals surface area (Å²) in [5, 5.41) is 12.9. The Kier molecular flexibility index (Phi) is 5.95. The molecule has 0 fully saturated rings. The van der Waals surface area contributed by atoms with Crippen molar-refractivity contribution in [1.29, 1.82) is 0 Å². The van der Waals surface area contributed by atoms with Gasteiger partial charge in [0.2, 0.25) is 0 Å². The van der Waals surface area contributed by atoms with Crippen LogP contribution < -0.4 is 0 Å². The van der Waals surface area contributed by atoms with E-state index in [1.54, 1.807) is 7.05 Å². The Balaban J connectivity index is 2.22. The molecule has 0 aliphatic heterocycles. The van der Waals surface area contributed by atoms with Gasteiger partial charge in [-0.2, -0.15) is 5.10 Å². The maximum atomic E-state index is 10.8. The van der Waals surface area contributed by atoms with Crippen LogP contribution in [0.1, 0.15) is 41.9 Å². The molecule has 1 heterocycles. The van der Waals surface area contributed by atoms with Crippen molar-refractivity contribution in [2.75, 3.05) is 6.61 Å².